The highest BCUT2D eigenvalue weighted by molar-refractivity contribution is 6.00. The minimum Gasteiger partial charge on any atom is -0.507 e. The molecule has 0 atom stereocenters. The SMILES string of the molecule is COc1cc(C(=O)O)c2c(c1C)OC(=O)c1c(C)cc(O)c(CN=Nc3ccccc3)c1O2. The number of aromatic carboxylic acids is 1. The van der Waals surface area contributed by atoms with E-state index in [4.69, 9.17) is 14.2 Å². The van der Waals surface area contributed by atoms with Crippen LogP contribution in [0.4, 0.5) is 5.69 Å². The van der Waals surface area contributed by atoms with Gasteiger partial charge in [-0.05, 0) is 43.7 Å². The van der Waals surface area contributed by atoms with E-state index in [1.807, 2.05) is 18.2 Å². The molecule has 33 heavy (non-hydrogen) atoms. The van der Waals surface area contributed by atoms with Gasteiger partial charge in [-0.3, -0.25) is 0 Å². The Bertz CT molecular complexity index is 1300. The average Bonchev–Trinajstić information content (AvgIpc) is 2.93. The number of hydrogen-bond donors (Lipinski definition) is 2. The Morgan fingerprint density at radius 3 is 2.45 bits per heavy atom. The van der Waals surface area contributed by atoms with Crippen molar-refractivity contribution in [2.75, 3.05) is 7.11 Å². The molecule has 0 aromatic heterocycles. The molecule has 1 aliphatic rings. The van der Waals surface area contributed by atoms with E-state index in [1.54, 1.807) is 26.0 Å². The predicted octanol–water partition coefficient (Wildman–Crippen LogP) is 5.32. The number of ether oxygens (including phenoxy) is 3. The van der Waals surface area contributed by atoms with Crippen LogP contribution in [0.2, 0.25) is 0 Å². The van der Waals surface area contributed by atoms with E-state index in [0.717, 1.165) is 0 Å². The molecule has 0 radical (unpaired) electrons. The largest absolute Gasteiger partial charge is 0.507 e. The minimum atomic E-state index is -1.30. The number of carboxylic acids is 1. The second-order valence-electron chi connectivity index (χ2n) is 7.34. The van der Waals surface area contributed by atoms with Crippen LogP contribution in [0.5, 0.6) is 28.7 Å². The molecule has 0 bridgehead atoms. The highest BCUT2D eigenvalue weighted by Crippen LogP contribution is 2.48. The first-order valence-electron chi connectivity index (χ1n) is 9.94. The maximum atomic E-state index is 13.1. The van der Waals surface area contributed by atoms with Gasteiger partial charge in [0.15, 0.2) is 17.2 Å². The van der Waals surface area contributed by atoms with Crippen LogP contribution in [-0.2, 0) is 6.54 Å². The number of phenols is 1. The number of benzene rings is 3. The smallest absolute Gasteiger partial charge is 0.347 e. The number of carboxylic acid groups (broad SMARTS) is 1. The fraction of sp³-hybridized carbons (Fsp3) is 0.167. The highest BCUT2D eigenvalue weighted by Gasteiger charge is 2.34. The van der Waals surface area contributed by atoms with Crippen LogP contribution in [0.15, 0.2) is 52.7 Å². The van der Waals surface area contributed by atoms with Crippen molar-refractivity contribution in [1.29, 1.82) is 0 Å². The van der Waals surface area contributed by atoms with Gasteiger partial charge in [0.05, 0.1) is 24.9 Å². The Morgan fingerprint density at radius 1 is 1.06 bits per heavy atom. The third-order valence-corrected chi connectivity index (χ3v) is 5.22. The van der Waals surface area contributed by atoms with Crippen molar-refractivity contribution in [3.63, 3.8) is 0 Å². The van der Waals surface area contributed by atoms with Gasteiger partial charge < -0.3 is 24.4 Å². The molecule has 9 heteroatoms. The summed E-state index contributed by atoms with van der Waals surface area (Å²) in [6, 6.07) is 11.7. The highest BCUT2D eigenvalue weighted by atomic mass is 16.6. The van der Waals surface area contributed by atoms with Crippen LogP contribution in [0.25, 0.3) is 0 Å². The third kappa shape index (κ3) is 3.96. The Kier molecular flexibility index (Phi) is 5.70. The lowest BCUT2D eigenvalue weighted by Crippen LogP contribution is -2.11. The maximum Gasteiger partial charge on any atom is 0.347 e. The summed E-state index contributed by atoms with van der Waals surface area (Å²) in [5.41, 5.74) is 1.37. The van der Waals surface area contributed by atoms with Gasteiger partial charge >= 0.3 is 11.9 Å². The zero-order valence-corrected chi connectivity index (χ0v) is 18.1. The van der Waals surface area contributed by atoms with E-state index in [0.29, 0.717) is 16.8 Å². The van der Waals surface area contributed by atoms with Crippen molar-refractivity contribution in [3.8, 4) is 28.7 Å². The monoisotopic (exact) mass is 448 g/mol. The van der Waals surface area contributed by atoms with Crippen LogP contribution >= 0.6 is 0 Å². The van der Waals surface area contributed by atoms with Gasteiger partial charge in [0.1, 0.15) is 22.6 Å². The number of nitrogens with zero attached hydrogens (tertiary/aromatic N) is 2. The number of aromatic hydroxyl groups is 1. The number of aryl methyl sites for hydroxylation is 1. The van der Waals surface area contributed by atoms with Gasteiger partial charge in [0.2, 0.25) is 0 Å². The van der Waals surface area contributed by atoms with Gasteiger partial charge in [0.25, 0.3) is 0 Å². The Morgan fingerprint density at radius 2 is 1.79 bits per heavy atom. The normalized spacial score (nSPS) is 12.4. The zero-order valence-electron chi connectivity index (χ0n) is 18.1. The molecule has 0 aliphatic carbocycles. The Labute approximate surface area is 188 Å². The number of carbonyl (C=O) groups excluding carboxylic acids is 1. The summed E-state index contributed by atoms with van der Waals surface area (Å²) in [6.07, 6.45) is 0. The third-order valence-electron chi connectivity index (χ3n) is 5.22. The first kappa shape index (κ1) is 21.8. The average molecular weight is 448 g/mol. The molecule has 0 fully saturated rings. The second kappa shape index (κ2) is 8.62. The van der Waals surface area contributed by atoms with E-state index >= 15 is 0 Å². The van der Waals surface area contributed by atoms with Crippen molar-refractivity contribution < 1.29 is 34.0 Å². The summed E-state index contributed by atoms with van der Waals surface area (Å²) >= 11 is 0. The summed E-state index contributed by atoms with van der Waals surface area (Å²) in [5, 5.41) is 28.6. The lowest BCUT2D eigenvalue weighted by atomic mass is 10.0. The molecule has 4 rings (SSSR count). The van der Waals surface area contributed by atoms with E-state index in [9.17, 15) is 19.8 Å². The van der Waals surface area contributed by atoms with E-state index in [2.05, 4.69) is 10.2 Å². The van der Waals surface area contributed by atoms with Gasteiger partial charge in [-0.15, -0.1) is 0 Å². The van der Waals surface area contributed by atoms with Crippen molar-refractivity contribution >= 4 is 17.6 Å². The summed E-state index contributed by atoms with van der Waals surface area (Å²) in [7, 11) is 1.38. The summed E-state index contributed by atoms with van der Waals surface area (Å²) < 4.78 is 16.8. The van der Waals surface area contributed by atoms with E-state index in [1.165, 1.54) is 19.2 Å². The molecule has 0 unspecified atom stereocenters. The molecule has 3 aromatic carbocycles. The van der Waals surface area contributed by atoms with Crippen molar-refractivity contribution in [2.24, 2.45) is 10.2 Å². The Balaban J connectivity index is 1.88. The summed E-state index contributed by atoms with van der Waals surface area (Å²) in [6.45, 7) is 3.11. The van der Waals surface area contributed by atoms with Gasteiger partial charge in [-0.1, -0.05) is 18.2 Å². The summed E-state index contributed by atoms with van der Waals surface area (Å²) in [4.78, 5) is 25.0. The minimum absolute atomic E-state index is 0.0321. The van der Waals surface area contributed by atoms with E-state index < -0.39 is 11.9 Å². The number of esters is 1. The lowest BCUT2D eigenvalue weighted by molar-refractivity contribution is 0.0685. The van der Waals surface area contributed by atoms with Crippen LogP contribution in [0.1, 0.15) is 37.4 Å². The van der Waals surface area contributed by atoms with Crippen LogP contribution in [0, 0.1) is 13.8 Å². The molecular formula is C24H20N2O7. The maximum absolute atomic E-state index is 13.1. The van der Waals surface area contributed by atoms with Crippen molar-refractivity contribution in [2.45, 2.75) is 20.4 Å². The van der Waals surface area contributed by atoms with Crippen LogP contribution in [0.3, 0.4) is 0 Å². The van der Waals surface area contributed by atoms with Gasteiger partial charge in [-0.25, -0.2) is 9.59 Å². The summed E-state index contributed by atoms with van der Waals surface area (Å²) in [5.74, 6) is -2.26. The van der Waals surface area contributed by atoms with Gasteiger partial charge in [0, 0.05) is 5.56 Å². The molecular weight excluding hydrogens is 428 g/mol. The first-order valence-corrected chi connectivity index (χ1v) is 9.94. The molecule has 1 heterocycles. The molecule has 0 saturated heterocycles. The van der Waals surface area contributed by atoms with E-state index in [-0.39, 0.29) is 52.0 Å². The molecule has 1 aliphatic heterocycles. The molecule has 2 N–H and O–H groups in total. The molecule has 0 saturated carbocycles. The number of phenolic OH excluding ortho intramolecular Hbond substituents is 1. The standard InChI is InChI=1S/C24H20N2O7/c1-12-9-17(27)16(11-25-26-14-7-5-4-6-8-14)21-19(12)24(30)33-20-13(2)18(31-3)10-15(23(28)29)22(20)32-21/h4-10,27H,11H2,1-3H3,(H,28,29). The molecule has 9 nitrogen and oxygen atoms in total. The predicted molar refractivity (Wildman–Crippen MR) is 117 cm³/mol. The molecule has 168 valence electrons. The number of hydrogen-bond acceptors (Lipinski definition) is 8. The quantitative estimate of drug-likeness (QED) is 0.307. The molecule has 0 spiro atoms. The fourth-order valence-corrected chi connectivity index (χ4v) is 3.56. The van der Waals surface area contributed by atoms with Crippen molar-refractivity contribution in [1.82, 2.24) is 0 Å². The van der Waals surface area contributed by atoms with Crippen LogP contribution in [-0.4, -0.2) is 29.3 Å². The number of azo groups is 1. The first-order chi connectivity index (χ1) is 15.8. The van der Waals surface area contributed by atoms with Gasteiger partial charge in [-0.2, -0.15) is 10.2 Å². The van der Waals surface area contributed by atoms with Crippen LogP contribution < -0.4 is 14.2 Å². The number of methoxy groups -OCH3 is 1. The number of carbonyl (C=O) groups is 2. The second-order valence-corrected chi connectivity index (χ2v) is 7.34. The fourth-order valence-electron chi connectivity index (χ4n) is 3.56. The number of fused-ring (bicyclic) bond motifs is 2. The Hall–Kier alpha value is -4.40. The molecule has 3 aromatic rings. The zero-order chi connectivity index (χ0) is 23.7. The number of rotatable bonds is 5. The van der Waals surface area contributed by atoms with Crippen molar-refractivity contribution in [3.05, 3.63) is 70.3 Å². The molecule has 0 amide bonds. The lowest BCUT2D eigenvalue weighted by Gasteiger charge is -2.16. The topological polar surface area (TPSA) is 127 Å².